The van der Waals surface area contributed by atoms with E-state index in [9.17, 15) is 9.90 Å². The molecule has 32 heavy (non-hydrogen) atoms. The van der Waals surface area contributed by atoms with Crippen molar-refractivity contribution in [2.75, 3.05) is 12.3 Å². The lowest BCUT2D eigenvalue weighted by Gasteiger charge is -2.13. The predicted octanol–water partition coefficient (Wildman–Crippen LogP) is 4.71. The van der Waals surface area contributed by atoms with Crippen LogP contribution >= 0.6 is 0 Å². The number of hydrogen-bond donors (Lipinski definition) is 4. The molecule has 5 N–H and O–H groups in total. The minimum Gasteiger partial charge on any atom is -0.507 e. The molecule has 0 aromatic heterocycles. The molecule has 0 spiro atoms. The number of amides is 1. The highest BCUT2D eigenvalue weighted by molar-refractivity contribution is 6.02. The molecule has 1 amide bonds. The van der Waals surface area contributed by atoms with E-state index in [0.29, 0.717) is 17.0 Å². The van der Waals surface area contributed by atoms with Gasteiger partial charge in [-0.1, -0.05) is 45.0 Å². The Morgan fingerprint density at radius 1 is 1.16 bits per heavy atom. The highest BCUT2D eigenvalue weighted by Crippen LogP contribution is 2.30. The number of carbonyl (C=O) groups is 1. The first kappa shape index (κ1) is 25.4. The minimum absolute atomic E-state index is 0.0588. The van der Waals surface area contributed by atoms with Gasteiger partial charge in [0, 0.05) is 30.8 Å². The van der Waals surface area contributed by atoms with Crippen molar-refractivity contribution < 1.29 is 9.90 Å². The second-order valence-corrected chi connectivity index (χ2v) is 8.76. The first-order chi connectivity index (χ1) is 15.2. The van der Waals surface area contributed by atoms with Crippen molar-refractivity contribution in [3.63, 3.8) is 0 Å². The van der Waals surface area contributed by atoms with Gasteiger partial charge in [-0.3, -0.25) is 4.79 Å². The Balaban J connectivity index is 0.000000233. The maximum Gasteiger partial charge on any atom is 0.236 e. The Morgan fingerprint density at radius 3 is 2.31 bits per heavy atom. The molecule has 0 saturated heterocycles. The summed E-state index contributed by atoms with van der Waals surface area (Å²) in [6.07, 6.45) is 4.00. The topological polar surface area (TPSA) is 99.7 Å². The van der Waals surface area contributed by atoms with Crippen LogP contribution in [0.25, 0.3) is 0 Å². The van der Waals surface area contributed by atoms with Crippen LogP contribution in [0.3, 0.4) is 0 Å². The zero-order chi connectivity index (χ0) is 23.7. The summed E-state index contributed by atoms with van der Waals surface area (Å²) in [6.45, 7) is 11.6. The molecule has 174 valence electrons. The lowest BCUT2D eigenvalue weighted by Crippen LogP contribution is -2.15. The van der Waals surface area contributed by atoms with Gasteiger partial charge in [0.2, 0.25) is 5.91 Å². The molecule has 2 aromatic rings. The van der Waals surface area contributed by atoms with Crippen molar-refractivity contribution in [3.8, 4) is 5.75 Å². The average molecular weight is 439 g/mol. The van der Waals surface area contributed by atoms with Crippen molar-refractivity contribution in [2.24, 2.45) is 11.0 Å². The number of hydrogen-bond acceptors (Lipinski definition) is 5. The van der Waals surface area contributed by atoms with Gasteiger partial charge >= 0.3 is 0 Å². The van der Waals surface area contributed by atoms with Gasteiger partial charge in [-0.25, -0.2) is 5.43 Å². The maximum absolute atomic E-state index is 10.8. The van der Waals surface area contributed by atoms with Crippen LogP contribution in [0, 0.1) is 5.92 Å². The molecule has 3 rings (SSSR count). The van der Waals surface area contributed by atoms with E-state index in [1.165, 1.54) is 43.5 Å². The summed E-state index contributed by atoms with van der Waals surface area (Å²) in [5, 5.41) is 17.3. The quantitative estimate of drug-likeness (QED) is 0.272. The summed E-state index contributed by atoms with van der Waals surface area (Å²) in [6, 6.07) is 12.2. The molecule has 6 heteroatoms. The van der Waals surface area contributed by atoms with Crippen LogP contribution in [-0.4, -0.2) is 23.3 Å². The zero-order valence-corrected chi connectivity index (χ0v) is 20.0. The van der Waals surface area contributed by atoms with Crippen molar-refractivity contribution in [1.29, 1.82) is 0 Å². The molecule has 6 nitrogen and oxygen atoms in total. The number of phenols is 1. The number of phenolic OH excluding ortho intramolecular Hbond substituents is 1. The fraction of sp³-hybridized carbons (Fsp3) is 0.462. The van der Waals surface area contributed by atoms with Gasteiger partial charge in [0.1, 0.15) is 5.75 Å². The Labute approximate surface area is 192 Å². The molecule has 0 aliphatic heterocycles. The standard InChI is InChI=1S/C13H19N3O2.C13H19N/c1-7(2)10-5-11(13(18)6-12(10)14)8(3)15-16-9(4)17;1-2-11-3-5-12(6-4-11)9-14-10-13-7-8-13/h5-7,18H,14H2,1-4H3,(H,16,17);3-6,13-14H,2,7-10H2,1H3/b15-8+;. The van der Waals surface area contributed by atoms with E-state index in [2.05, 4.69) is 47.0 Å². The number of nitrogens with zero attached hydrogens (tertiary/aromatic N) is 1. The summed E-state index contributed by atoms with van der Waals surface area (Å²) < 4.78 is 0. The maximum atomic E-state index is 10.8. The number of carbonyl (C=O) groups excluding carboxylic acids is 1. The third-order valence-corrected chi connectivity index (χ3v) is 5.48. The molecular formula is C26H38N4O2. The first-order valence-electron chi connectivity index (χ1n) is 11.4. The molecule has 0 heterocycles. The van der Waals surface area contributed by atoms with Crippen LogP contribution in [0.5, 0.6) is 5.75 Å². The van der Waals surface area contributed by atoms with Crippen LogP contribution in [-0.2, 0) is 17.8 Å². The molecule has 1 fully saturated rings. The molecule has 0 unspecified atom stereocenters. The smallest absolute Gasteiger partial charge is 0.236 e. The van der Waals surface area contributed by atoms with Crippen molar-refractivity contribution in [1.82, 2.24) is 10.7 Å². The van der Waals surface area contributed by atoms with Gasteiger partial charge < -0.3 is 16.2 Å². The number of aromatic hydroxyl groups is 1. The van der Waals surface area contributed by atoms with Crippen molar-refractivity contribution >= 4 is 17.3 Å². The zero-order valence-electron chi connectivity index (χ0n) is 20.0. The minimum atomic E-state index is -0.256. The normalized spacial score (nSPS) is 13.5. The van der Waals surface area contributed by atoms with E-state index < -0.39 is 0 Å². The predicted molar refractivity (Wildman–Crippen MR) is 133 cm³/mol. The van der Waals surface area contributed by atoms with E-state index in [1.807, 2.05) is 13.8 Å². The van der Waals surface area contributed by atoms with Crippen molar-refractivity contribution in [3.05, 3.63) is 58.7 Å². The van der Waals surface area contributed by atoms with Gasteiger partial charge in [0.05, 0.1) is 5.71 Å². The number of hydrazone groups is 1. The molecule has 1 saturated carbocycles. The number of rotatable bonds is 8. The molecular weight excluding hydrogens is 400 g/mol. The van der Waals surface area contributed by atoms with E-state index in [0.717, 1.165) is 24.4 Å². The molecule has 1 aliphatic carbocycles. The lowest BCUT2D eigenvalue weighted by atomic mass is 9.96. The van der Waals surface area contributed by atoms with E-state index in [1.54, 1.807) is 13.0 Å². The Kier molecular flexibility index (Phi) is 9.72. The molecule has 0 bridgehead atoms. The first-order valence-corrected chi connectivity index (χ1v) is 11.4. The lowest BCUT2D eigenvalue weighted by molar-refractivity contribution is -0.118. The van der Waals surface area contributed by atoms with E-state index >= 15 is 0 Å². The van der Waals surface area contributed by atoms with Crippen molar-refractivity contribution in [2.45, 2.75) is 66.3 Å². The average Bonchev–Trinajstić information content (AvgIpc) is 3.57. The second kappa shape index (κ2) is 12.2. The van der Waals surface area contributed by atoms with Crippen LogP contribution in [0.1, 0.15) is 75.6 Å². The molecule has 2 aromatic carbocycles. The fourth-order valence-corrected chi connectivity index (χ4v) is 3.27. The molecule has 0 radical (unpaired) electrons. The number of anilines is 1. The third kappa shape index (κ3) is 8.35. The molecule has 1 aliphatic rings. The van der Waals surface area contributed by atoms with Crippen LogP contribution < -0.4 is 16.5 Å². The fourth-order valence-electron chi connectivity index (χ4n) is 3.27. The second-order valence-electron chi connectivity index (χ2n) is 8.76. The van der Waals surface area contributed by atoms with Crippen LogP contribution in [0.15, 0.2) is 41.5 Å². The number of nitrogens with one attached hydrogen (secondary N) is 2. The van der Waals surface area contributed by atoms with Gasteiger partial charge in [-0.2, -0.15) is 5.10 Å². The van der Waals surface area contributed by atoms with E-state index in [-0.39, 0.29) is 17.6 Å². The Hall–Kier alpha value is -2.86. The van der Waals surface area contributed by atoms with Crippen LogP contribution in [0.4, 0.5) is 5.69 Å². The highest BCUT2D eigenvalue weighted by Gasteiger charge is 2.20. The number of benzene rings is 2. The Bertz CT molecular complexity index is 916. The molecule has 0 atom stereocenters. The number of nitrogen functional groups attached to an aromatic ring is 1. The summed E-state index contributed by atoms with van der Waals surface area (Å²) >= 11 is 0. The largest absolute Gasteiger partial charge is 0.507 e. The van der Waals surface area contributed by atoms with Gasteiger partial charge in [-0.05, 0) is 67.3 Å². The third-order valence-electron chi connectivity index (χ3n) is 5.48. The SMILES string of the molecule is CC(=O)N/N=C(\C)c1cc(C(C)C)c(N)cc1O.CCc1ccc(CNCC2CC2)cc1. The summed E-state index contributed by atoms with van der Waals surface area (Å²) in [5.74, 6) is 1.03. The highest BCUT2D eigenvalue weighted by atomic mass is 16.3. The Morgan fingerprint density at radius 2 is 1.78 bits per heavy atom. The van der Waals surface area contributed by atoms with E-state index in [4.69, 9.17) is 5.73 Å². The van der Waals surface area contributed by atoms with Gasteiger partial charge in [-0.15, -0.1) is 0 Å². The summed E-state index contributed by atoms with van der Waals surface area (Å²) in [7, 11) is 0. The van der Waals surface area contributed by atoms with Gasteiger partial charge in [0.25, 0.3) is 0 Å². The summed E-state index contributed by atoms with van der Waals surface area (Å²) in [5.41, 5.74) is 13.6. The van der Waals surface area contributed by atoms with Crippen LogP contribution in [0.2, 0.25) is 0 Å². The monoisotopic (exact) mass is 438 g/mol. The van der Waals surface area contributed by atoms with Gasteiger partial charge in [0.15, 0.2) is 0 Å². The summed E-state index contributed by atoms with van der Waals surface area (Å²) in [4.78, 5) is 10.8. The number of nitrogens with two attached hydrogens (primary N) is 1. The number of aryl methyl sites for hydroxylation is 1.